The van der Waals surface area contributed by atoms with Crippen LogP contribution < -0.4 is 10.1 Å². The van der Waals surface area contributed by atoms with Crippen molar-refractivity contribution in [3.8, 4) is 5.75 Å². The van der Waals surface area contributed by atoms with Crippen molar-refractivity contribution in [3.05, 3.63) is 58.4 Å². The molecular weight excluding hydrogens is 387 g/mol. The zero-order chi connectivity index (χ0) is 21.3. The first-order valence-electron chi connectivity index (χ1n) is 8.95. The Morgan fingerprint density at radius 2 is 2.07 bits per heavy atom. The molecule has 154 valence electrons. The number of nitrogens with one attached hydrogen (secondary N) is 1. The number of alkyl halides is 3. The minimum Gasteiger partial charge on any atom is -0.406 e. The summed E-state index contributed by atoms with van der Waals surface area (Å²) in [6.45, 7) is 3.59. The summed E-state index contributed by atoms with van der Waals surface area (Å²) in [5, 5.41) is 2.53. The third-order valence-electron chi connectivity index (χ3n) is 4.95. The molecule has 0 bridgehead atoms. The highest BCUT2D eigenvalue weighted by Gasteiger charge is 2.35. The van der Waals surface area contributed by atoms with Crippen molar-refractivity contribution >= 4 is 11.8 Å². The van der Waals surface area contributed by atoms with Gasteiger partial charge in [-0.25, -0.2) is 0 Å². The van der Waals surface area contributed by atoms with E-state index in [1.807, 2.05) is 0 Å². The van der Waals surface area contributed by atoms with Crippen molar-refractivity contribution in [1.82, 2.24) is 15.2 Å². The van der Waals surface area contributed by atoms with E-state index in [1.54, 1.807) is 24.0 Å². The lowest BCUT2D eigenvalue weighted by molar-refractivity contribution is -0.274. The van der Waals surface area contributed by atoms with Gasteiger partial charge in [-0.05, 0) is 37.1 Å². The molecule has 1 N–H and O–H groups in total. The summed E-state index contributed by atoms with van der Waals surface area (Å²) in [6, 6.07) is 5.57. The summed E-state index contributed by atoms with van der Waals surface area (Å²) < 4.78 is 41.4. The summed E-state index contributed by atoms with van der Waals surface area (Å²) in [5.41, 5.74) is 2.72. The SMILES string of the molecule is CNC(=O)Cc1nccc2c1CN(C(C)c1ccc(OC(F)(F)F)c(C)c1)C2=O. The Bertz CT molecular complexity index is 960. The summed E-state index contributed by atoms with van der Waals surface area (Å²) in [7, 11) is 1.53. The van der Waals surface area contributed by atoms with E-state index in [2.05, 4.69) is 15.0 Å². The fraction of sp³-hybridized carbons (Fsp3) is 0.350. The van der Waals surface area contributed by atoms with E-state index in [9.17, 15) is 22.8 Å². The molecule has 1 aliphatic heterocycles. The van der Waals surface area contributed by atoms with Crippen LogP contribution in [0.4, 0.5) is 13.2 Å². The summed E-state index contributed by atoms with van der Waals surface area (Å²) in [6.07, 6.45) is -3.20. The number of ether oxygens (including phenoxy) is 1. The second-order valence-electron chi connectivity index (χ2n) is 6.82. The molecule has 6 nitrogen and oxygen atoms in total. The molecule has 1 unspecified atom stereocenters. The van der Waals surface area contributed by atoms with E-state index in [-0.39, 0.29) is 36.6 Å². The maximum atomic E-state index is 12.9. The fourth-order valence-electron chi connectivity index (χ4n) is 3.37. The van der Waals surface area contributed by atoms with Gasteiger partial charge < -0.3 is 15.0 Å². The van der Waals surface area contributed by atoms with E-state index < -0.39 is 6.36 Å². The first-order chi connectivity index (χ1) is 13.6. The van der Waals surface area contributed by atoms with Gasteiger partial charge >= 0.3 is 6.36 Å². The standard InChI is InChI=1S/C20H20F3N3O3/c1-11-8-13(4-5-17(11)29-20(21,22)23)12(2)26-10-15-14(19(26)28)6-7-25-16(15)9-18(27)24-3/h4-8,12H,9-10H2,1-3H3,(H,24,27). The van der Waals surface area contributed by atoms with E-state index in [1.165, 1.54) is 32.3 Å². The number of hydrogen-bond acceptors (Lipinski definition) is 4. The number of likely N-dealkylation sites (N-methyl/N-ethyl adjacent to an activating group) is 1. The lowest BCUT2D eigenvalue weighted by Crippen LogP contribution is -2.27. The largest absolute Gasteiger partial charge is 0.573 e. The Balaban J connectivity index is 1.84. The van der Waals surface area contributed by atoms with Crippen molar-refractivity contribution in [1.29, 1.82) is 0 Å². The number of amides is 2. The number of aryl methyl sites for hydroxylation is 1. The van der Waals surface area contributed by atoms with Crippen molar-refractivity contribution in [2.24, 2.45) is 0 Å². The highest BCUT2D eigenvalue weighted by Crippen LogP contribution is 2.34. The predicted octanol–water partition coefficient (Wildman–Crippen LogP) is 3.29. The molecule has 0 saturated carbocycles. The lowest BCUT2D eigenvalue weighted by atomic mass is 10.0. The number of rotatable bonds is 5. The molecule has 29 heavy (non-hydrogen) atoms. The van der Waals surface area contributed by atoms with E-state index >= 15 is 0 Å². The average molecular weight is 407 g/mol. The van der Waals surface area contributed by atoms with Crippen molar-refractivity contribution in [3.63, 3.8) is 0 Å². The van der Waals surface area contributed by atoms with Crippen LogP contribution >= 0.6 is 0 Å². The zero-order valence-corrected chi connectivity index (χ0v) is 16.1. The van der Waals surface area contributed by atoms with Crippen LogP contribution in [0.3, 0.4) is 0 Å². The van der Waals surface area contributed by atoms with Gasteiger partial charge in [-0.2, -0.15) is 0 Å². The Labute approximate surface area is 165 Å². The molecule has 2 amide bonds. The molecule has 3 rings (SSSR count). The monoisotopic (exact) mass is 407 g/mol. The Morgan fingerprint density at radius 1 is 1.34 bits per heavy atom. The molecular formula is C20H20F3N3O3. The van der Waals surface area contributed by atoms with Crippen LogP contribution in [-0.4, -0.2) is 35.1 Å². The van der Waals surface area contributed by atoms with Gasteiger partial charge in [0.15, 0.2) is 0 Å². The maximum Gasteiger partial charge on any atom is 0.573 e. The Kier molecular flexibility index (Phi) is 5.50. The molecule has 2 aromatic rings. The summed E-state index contributed by atoms with van der Waals surface area (Å²) in [5.74, 6) is -0.691. The topological polar surface area (TPSA) is 71.5 Å². The number of carbonyl (C=O) groups is 2. The lowest BCUT2D eigenvalue weighted by Gasteiger charge is -2.25. The third kappa shape index (κ3) is 4.33. The second kappa shape index (κ2) is 7.73. The van der Waals surface area contributed by atoms with Gasteiger partial charge in [-0.15, -0.1) is 13.2 Å². The van der Waals surface area contributed by atoms with Crippen molar-refractivity contribution in [2.75, 3.05) is 7.05 Å². The van der Waals surface area contributed by atoms with E-state index in [4.69, 9.17) is 0 Å². The molecule has 0 radical (unpaired) electrons. The van der Waals surface area contributed by atoms with Crippen LogP contribution in [-0.2, 0) is 17.8 Å². The zero-order valence-electron chi connectivity index (χ0n) is 16.1. The molecule has 0 aliphatic carbocycles. The van der Waals surface area contributed by atoms with Gasteiger partial charge in [0.05, 0.1) is 18.2 Å². The number of fused-ring (bicyclic) bond motifs is 1. The van der Waals surface area contributed by atoms with Crippen LogP contribution in [0.1, 0.15) is 45.7 Å². The molecule has 2 heterocycles. The number of halogens is 3. The van der Waals surface area contributed by atoms with Crippen LogP contribution in [0.5, 0.6) is 5.75 Å². The molecule has 1 atom stereocenters. The highest BCUT2D eigenvalue weighted by atomic mass is 19.4. The van der Waals surface area contributed by atoms with Crippen LogP contribution in [0.2, 0.25) is 0 Å². The van der Waals surface area contributed by atoms with E-state index in [0.29, 0.717) is 27.9 Å². The van der Waals surface area contributed by atoms with Crippen molar-refractivity contribution < 1.29 is 27.5 Å². The second-order valence-corrected chi connectivity index (χ2v) is 6.82. The molecule has 9 heteroatoms. The Morgan fingerprint density at radius 3 is 2.69 bits per heavy atom. The number of benzene rings is 1. The van der Waals surface area contributed by atoms with Gasteiger partial charge in [0.1, 0.15) is 5.75 Å². The quantitative estimate of drug-likeness (QED) is 0.826. The first-order valence-corrected chi connectivity index (χ1v) is 8.95. The molecule has 1 aromatic carbocycles. The number of pyridine rings is 1. The third-order valence-corrected chi connectivity index (χ3v) is 4.95. The minimum absolute atomic E-state index is 0.0672. The number of hydrogen-bond donors (Lipinski definition) is 1. The van der Waals surface area contributed by atoms with Crippen LogP contribution in [0, 0.1) is 6.92 Å². The average Bonchev–Trinajstić information content (AvgIpc) is 2.99. The highest BCUT2D eigenvalue weighted by molar-refractivity contribution is 5.99. The summed E-state index contributed by atoms with van der Waals surface area (Å²) in [4.78, 5) is 30.5. The summed E-state index contributed by atoms with van der Waals surface area (Å²) >= 11 is 0. The van der Waals surface area contributed by atoms with Crippen LogP contribution in [0.25, 0.3) is 0 Å². The molecule has 0 fully saturated rings. The van der Waals surface area contributed by atoms with E-state index in [0.717, 1.165) is 0 Å². The number of aromatic nitrogens is 1. The van der Waals surface area contributed by atoms with Gasteiger partial charge in [-0.1, -0.05) is 12.1 Å². The number of carbonyl (C=O) groups excluding carboxylic acids is 2. The van der Waals surface area contributed by atoms with Crippen LogP contribution in [0.15, 0.2) is 30.5 Å². The molecule has 1 aliphatic rings. The van der Waals surface area contributed by atoms with Gasteiger partial charge in [0.2, 0.25) is 5.91 Å². The van der Waals surface area contributed by atoms with Gasteiger partial charge in [-0.3, -0.25) is 14.6 Å². The fourth-order valence-corrected chi connectivity index (χ4v) is 3.37. The number of nitrogens with zero attached hydrogens (tertiary/aromatic N) is 2. The maximum absolute atomic E-state index is 12.9. The molecule has 0 spiro atoms. The normalized spacial score (nSPS) is 14.6. The first kappa shape index (κ1) is 20.6. The molecule has 0 saturated heterocycles. The molecule has 1 aromatic heterocycles. The van der Waals surface area contributed by atoms with Crippen molar-refractivity contribution in [2.45, 2.75) is 39.2 Å². The smallest absolute Gasteiger partial charge is 0.406 e. The Hall–Kier alpha value is -3.10. The minimum atomic E-state index is -4.77. The predicted molar refractivity (Wildman–Crippen MR) is 98.2 cm³/mol. The van der Waals surface area contributed by atoms with Gasteiger partial charge in [0, 0.05) is 30.9 Å². The van der Waals surface area contributed by atoms with Gasteiger partial charge in [0.25, 0.3) is 5.91 Å².